The molecule has 1 aliphatic rings. The standard InChI is InChI=1S/C12H15F3N2.ClH/c13-8-5-9(11(15)10(14)6-8)12(16)7-1-3-17-4-2-7;/h5-7,12,17H,1-4,16H2;1H/t12-;/m1./s1. The molecule has 0 amide bonds. The van der Waals surface area contributed by atoms with E-state index in [0.717, 1.165) is 32.0 Å². The summed E-state index contributed by atoms with van der Waals surface area (Å²) in [6.45, 7) is 1.61. The highest BCUT2D eigenvalue weighted by atomic mass is 35.5. The molecule has 0 radical (unpaired) electrons. The first-order valence-corrected chi connectivity index (χ1v) is 5.70. The zero-order valence-corrected chi connectivity index (χ0v) is 10.6. The van der Waals surface area contributed by atoms with Gasteiger partial charge in [0.15, 0.2) is 11.6 Å². The van der Waals surface area contributed by atoms with Crippen LogP contribution in [-0.2, 0) is 0 Å². The van der Waals surface area contributed by atoms with E-state index in [1.807, 2.05) is 0 Å². The van der Waals surface area contributed by atoms with Gasteiger partial charge in [0.05, 0.1) is 0 Å². The summed E-state index contributed by atoms with van der Waals surface area (Å²) in [7, 11) is 0. The van der Waals surface area contributed by atoms with Crippen LogP contribution in [0.1, 0.15) is 24.4 Å². The van der Waals surface area contributed by atoms with Crippen LogP contribution in [0.4, 0.5) is 13.2 Å². The third kappa shape index (κ3) is 3.16. The van der Waals surface area contributed by atoms with E-state index in [1.54, 1.807) is 0 Å². The van der Waals surface area contributed by atoms with Crippen LogP contribution in [0.5, 0.6) is 0 Å². The topological polar surface area (TPSA) is 38.0 Å². The lowest BCUT2D eigenvalue weighted by atomic mass is 9.86. The lowest BCUT2D eigenvalue weighted by Crippen LogP contribution is -2.34. The summed E-state index contributed by atoms with van der Waals surface area (Å²) in [5.74, 6) is -2.93. The lowest BCUT2D eigenvalue weighted by Gasteiger charge is -2.28. The maximum absolute atomic E-state index is 13.5. The maximum atomic E-state index is 13.5. The number of hydrogen-bond donors (Lipinski definition) is 2. The maximum Gasteiger partial charge on any atom is 0.163 e. The summed E-state index contributed by atoms with van der Waals surface area (Å²) in [6.07, 6.45) is 1.58. The van der Waals surface area contributed by atoms with Gasteiger partial charge in [-0.1, -0.05) is 0 Å². The molecule has 1 fully saturated rings. The Kier molecular flexibility index (Phi) is 5.44. The molecule has 0 unspecified atom stereocenters. The number of nitrogens with one attached hydrogen (secondary N) is 1. The number of hydrogen-bond acceptors (Lipinski definition) is 2. The van der Waals surface area contributed by atoms with Crippen molar-refractivity contribution < 1.29 is 13.2 Å². The highest BCUT2D eigenvalue weighted by Gasteiger charge is 2.25. The first kappa shape index (κ1) is 15.3. The molecule has 0 aromatic heterocycles. The fourth-order valence-electron chi connectivity index (χ4n) is 2.28. The van der Waals surface area contributed by atoms with Crippen LogP contribution in [0.2, 0.25) is 0 Å². The average Bonchev–Trinajstić information content (AvgIpc) is 2.34. The number of benzene rings is 1. The monoisotopic (exact) mass is 280 g/mol. The fraction of sp³-hybridized carbons (Fsp3) is 0.500. The van der Waals surface area contributed by atoms with E-state index in [-0.39, 0.29) is 23.9 Å². The van der Waals surface area contributed by atoms with E-state index in [4.69, 9.17) is 5.73 Å². The second-order valence-corrected chi connectivity index (χ2v) is 4.40. The van der Waals surface area contributed by atoms with Crippen molar-refractivity contribution >= 4 is 12.4 Å². The Labute approximate surface area is 110 Å². The molecule has 6 heteroatoms. The van der Waals surface area contributed by atoms with Gasteiger partial charge >= 0.3 is 0 Å². The average molecular weight is 281 g/mol. The van der Waals surface area contributed by atoms with Crippen molar-refractivity contribution in [3.63, 3.8) is 0 Å². The normalized spacial score (nSPS) is 18.2. The van der Waals surface area contributed by atoms with Crippen LogP contribution in [0, 0.1) is 23.4 Å². The van der Waals surface area contributed by atoms with E-state index < -0.39 is 23.5 Å². The number of rotatable bonds is 2. The Bertz CT molecular complexity index is 409. The van der Waals surface area contributed by atoms with Gasteiger partial charge in [0, 0.05) is 17.7 Å². The minimum atomic E-state index is -1.18. The van der Waals surface area contributed by atoms with Crippen molar-refractivity contribution in [2.45, 2.75) is 18.9 Å². The lowest BCUT2D eigenvalue weighted by molar-refractivity contribution is 0.313. The Balaban J connectivity index is 0.00000162. The van der Waals surface area contributed by atoms with Gasteiger partial charge < -0.3 is 11.1 Å². The van der Waals surface area contributed by atoms with Crippen LogP contribution < -0.4 is 11.1 Å². The molecule has 1 aromatic rings. The molecule has 0 saturated carbocycles. The summed E-state index contributed by atoms with van der Waals surface area (Å²) in [5, 5.41) is 3.16. The summed E-state index contributed by atoms with van der Waals surface area (Å²) in [5.41, 5.74) is 5.85. The molecule has 2 nitrogen and oxygen atoms in total. The van der Waals surface area contributed by atoms with Gasteiger partial charge in [-0.15, -0.1) is 12.4 Å². The van der Waals surface area contributed by atoms with Crippen LogP contribution in [0.3, 0.4) is 0 Å². The van der Waals surface area contributed by atoms with Crippen molar-refractivity contribution in [3.8, 4) is 0 Å². The van der Waals surface area contributed by atoms with Gasteiger partial charge in [0.1, 0.15) is 5.82 Å². The van der Waals surface area contributed by atoms with Gasteiger partial charge in [-0.05, 0) is 37.9 Å². The summed E-state index contributed by atoms with van der Waals surface area (Å²) in [6, 6.07) is 0.876. The molecule has 1 saturated heterocycles. The van der Waals surface area contributed by atoms with Crippen LogP contribution in [-0.4, -0.2) is 13.1 Å². The second kappa shape index (κ2) is 6.41. The quantitative estimate of drug-likeness (QED) is 0.817. The number of piperidine rings is 1. The van der Waals surface area contributed by atoms with Crippen LogP contribution >= 0.6 is 12.4 Å². The molecule has 1 atom stereocenters. The van der Waals surface area contributed by atoms with E-state index in [1.165, 1.54) is 0 Å². The molecular formula is C12H16ClF3N2. The van der Waals surface area contributed by atoms with Crippen molar-refractivity contribution in [2.75, 3.05) is 13.1 Å². The molecular weight excluding hydrogens is 265 g/mol. The van der Waals surface area contributed by atoms with Crippen molar-refractivity contribution in [3.05, 3.63) is 35.1 Å². The van der Waals surface area contributed by atoms with Crippen LogP contribution in [0.15, 0.2) is 12.1 Å². The molecule has 1 aromatic carbocycles. The van der Waals surface area contributed by atoms with Crippen molar-refractivity contribution in [1.82, 2.24) is 5.32 Å². The van der Waals surface area contributed by atoms with Crippen LogP contribution in [0.25, 0.3) is 0 Å². The molecule has 1 heterocycles. The Hall–Kier alpha value is -0.780. The number of nitrogens with two attached hydrogens (primary N) is 1. The molecule has 3 N–H and O–H groups in total. The van der Waals surface area contributed by atoms with Crippen molar-refractivity contribution in [2.24, 2.45) is 11.7 Å². The third-order valence-electron chi connectivity index (χ3n) is 3.27. The second-order valence-electron chi connectivity index (χ2n) is 4.40. The summed E-state index contributed by atoms with van der Waals surface area (Å²) >= 11 is 0. The van der Waals surface area contributed by atoms with E-state index in [2.05, 4.69) is 5.32 Å². The minimum absolute atomic E-state index is 0. The van der Waals surface area contributed by atoms with E-state index >= 15 is 0 Å². The number of halogens is 4. The molecule has 2 rings (SSSR count). The smallest absolute Gasteiger partial charge is 0.163 e. The molecule has 102 valence electrons. The predicted molar refractivity (Wildman–Crippen MR) is 66.1 cm³/mol. The highest BCUT2D eigenvalue weighted by Crippen LogP contribution is 2.29. The van der Waals surface area contributed by atoms with Gasteiger partial charge in [0.25, 0.3) is 0 Å². The first-order valence-electron chi connectivity index (χ1n) is 5.70. The predicted octanol–water partition coefficient (Wildman–Crippen LogP) is 2.53. The molecule has 0 spiro atoms. The summed E-state index contributed by atoms with van der Waals surface area (Å²) in [4.78, 5) is 0. The molecule has 0 bridgehead atoms. The first-order chi connectivity index (χ1) is 8.09. The van der Waals surface area contributed by atoms with Gasteiger partial charge in [-0.2, -0.15) is 0 Å². The molecule has 0 aliphatic carbocycles. The Morgan fingerprint density at radius 1 is 1.17 bits per heavy atom. The van der Waals surface area contributed by atoms with Crippen molar-refractivity contribution in [1.29, 1.82) is 0 Å². The summed E-state index contributed by atoms with van der Waals surface area (Å²) < 4.78 is 39.7. The largest absolute Gasteiger partial charge is 0.324 e. The third-order valence-corrected chi connectivity index (χ3v) is 3.27. The van der Waals surface area contributed by atoms with Gasteiger partial charge in [-0.3, -0.25) is 0 Å². The zero-order valence-electron chi connectivity index (χ0n) is 9.76. The Morgan fingerprint density at radius 3 is 2.39 bits per heavy atom. The Morgan fingerprint density at radius 2 is 1.78 bits per heavy atom. The SMILES string of the molecule is Cl.N[C@@H](c1cc(F)cc(F)c1F)C1CCNCC1. The molecule has 18 heavy (non-hydrogen) atoms. The minimum Gasteiger partial charge on any atom is -0.324 e. The fourth-order valence-corrected chi connectivity index (χ4v) is 2.28. The highest BCUT2D eigenvalue weighted by molar-refractivity contribution is 5.85. The van der Waals surface area contributed by atoms with Gasteiger partial charge in [-0.25, -0.2) is 13.2 Å². The molecule has 1 aliphatic heterocycles. The van der Waals surface area contributed by atoms with E-state index in [9.17, 15) is 13.2 Å². The zero-order chi connectivity index (χ0) is 12.4. The van der Waals surface area contributed by atoms with E-state index in [0.29, 0.717) is 6.07 Å². The van der Waals surface area contributed by atoms with Gasteiger partial charge in [0.2, 0.25) is 0 Å².